The Morgan fingerprint density at radius 3 is 2.86 bits per heavy atom. The van der Waals surface area contributed by atoms with Crippen LogP contribution in [0.15, 0.2) is 18.2 Å². The van der Waals surface area contributed by atoms with Crippen molar-refractivity contribution in [2.24, 2.45) is 5.92 Å². The molecule has 0 aromatic heterocycles. The van der Waals surface area contributed by atoms with Gasteiger partial charge in [0.2, 0.25) is 5.91 Å². The van der Waals surface area contributed by atoms with E-state index in [1.54, 1.807) is 0 Å². The Hall–Kier alpha value is -1.95. The zero-order valence-corrected chi connectivity index (χ0v) is 12.3. The number of carbonyl (C=O) groups is 2. The summed E-state index contributed by atoms with van der Waals surface area (Å²) in [4.78, 5) is 35.6. The molecule has 0 bridgehead atoms. The number of nitrogens with zero attached hydrogens (tertiary/aromatic N) is 2. The van der Waals surface area contributed by atoms with Crippen molar-refractivity contribution >= 4 is 29.1 Å². The Morgan fingerprint density at radius 2 is 2.24 bits per heavy atom. The van der Waals surface area contributed by atoms with Crippen molar-refractivity contribution in [1.82, 2.24) is 4.90 Å². The molecule has 0 radical (unpaired) electrons. The maximum atomic E-state index is 12.3. The number of halogens is 1. The third-order valence-corrected chi connectivity index (χ3v) is 3.86. The number of hydrogen-bond acceptors (Lipinski definition) is 4. The van der Waals surface area contributed by atoms with E-state index in [2.05, 4.69) is 0 Å². The van der Waals surface area contributed by atoms with Crippen LogP contribution in [0.5, 0.6) is 0 Å². The molecule has 7 heteroatoms. The van der Waals surface area contributed by atoms with Crippen LogP contribution in [0.2, 0.25) is 5.02 Å². The SMILES string of the molecule is CCCC1CC(=O)N(C(=O)c2ccc(Cl)c([N+](=O)[O-])c2)C1. The van der Waals surface area contributed by atoms with Crippen LogP contribution in [0.3, 0.4) is 0 Å². The standard InChI is InChI=1S/C14H15ClN2O4/c1-2-3-9-6-13(18)16(8-9)14(19)10-4-5-11(15)12(7-10)17(20)21/h4-5,7,9H,2-3,6,8H2,1H3. The molecule has 1 fully saturated rings. The Morgan fingerprint density at radius 1 is 1.52 bits per heavy atom. The van der Waals surface area contributed by atoms with E-state index in [4.69, 9.17) is 11.6 Å². The van der Waals surface area contributed by atoms with Crippen LogP contribution in [-0.2, 0) is 4.79 Å². The van der Waals surface area contributed by atoms with Crippen molar-refractivity contribution in [3.63, 3.8) is 0 Å². The first-order valence-electron chi connectivity index (χ1n) is 6.72. The Kier molecular flexibility index (Phi) is 4.57. The summed E-state index contributed by atoms with van der Waals surface area (Å²) >= 11 is 5.72. The number of rotatable bonds is 4. The lowest BCUT2D eigenvalue weighted by Crippen LogP contribution is -2.32. The quantitative estimate of drug-likeness (QED) is 0.486. The van der Waals surface area contributed by atoms with Crippen molar-refractivity contribution in [3.8, 4) is 0 Å². The molecule has 21 heavy (non-hydrogen) atoms. The van der Waals surface area contributed by atoms with E-state index in [9.17, 15) is 19.7 Å². The maximum absolute atomic E-state index is 12.3. The summed E-state index contributed by atoms with van der Waals surface area (Å²) in [6.07, 6.45) is 2.19. The van der Waals surface area contributed by atoms with E-state index in [0.717, 1.165) is 18.9 Å². The molecule has 2 rings (SSSR count). The lowest BCUT2D eigenvalue weighted by molar-refractivity contribution is -0.384. The van der Waals surface area contributed by atoms with E-state index < -0.39 is 10.8 Å². The number of imide groups is 1. The molecule has 1 aromatic rings. The number of amides is 2. The van der Waals surface area contributed by atoms with Crippen LogP contribution in [-0.4, -0.2) is 28.2 Å². The van der Waals surface area contributed by atoms with Gasteiger partial charge in [-0.25, -0.2) is 0 Å². The molecule has 0 N–H and O–H groups in total. The molecule has 1 unspecified atom stereocenters. The van der Waals surface area contributed by atoms with E-state index in [-0.39, 0.29) is 28.1 Å². The zero-order chi connectivity index (χ0) is 15.6. The second-order valence-corrected chi connectivity index (χ2v) is 5.50. The van der Waals surface area contributed by atoms with Crippen molar-refractivity contribution < 1.29 is 14.5 Å². The number of nitro benzene ring substituents is 1. The molecular weight excluding hydrogens is 296 g/mol. The fourth-order valence-electron chi connectivity index (χ4n) is 2.52. The van der Waals surface area contributed by atoms with Crippen molar-refractivity contribution in [2.45, 2.75) is 26.2 Å². The molecule has 2 amide bonds. The molecule has 0 spiro atoms. The van der Waals surface area contributed by atoms with E-state index in [1.165, 1.54) is 17.0 Å². The first-order valence-corrected chi connectivity index (χ1v) is 7.10. The minimum absolute atomic E-state index is 0.0341. The number of carbonyl (C=O) groups excluding carboxylic acids is 2. The number of nitro groups is 1. The monoisotopic (exact) mass is 310 g/mol. The van der Waals surface area contributed by atoms with Crippen LogP contribution in [0.25, 0.3) is 0 Å². The van der Waals surface area contributed by atoms with Crippen LogP contribution in [0.1, 0.15) is 36.5 Å². The molecule has 1 aromatic carbocycles. The molecule has 112 valence electrons. The zero-order valence-electron chi connectivity index (χ0n) is 11.5. The first kappa shape index (κ1) is 15.4. The molecule has 1 atom stereocenters. The molecule has 1 saturated heterocycles. The summed E-state index contributed by atoms with van der Waals surface area (Å²) in [5, 5.41) is 10.8. The minimum Gasteiger partial charge on any atom is -0.278 e. The minimum atomic E-state index is -0.648. The number of likely N-dealkylation sites (tertiary alicyclic amines) is 1. The first-order chi connectivity index (χ1) is 9.93. The summed E-state index contributed by atoms with van der Waals surface area (Å²) in [6, 6.07) is 3.82. The lowest BCUT2D eigenvalue weighted by atomic mass is 10.0. The highest BCUT2D eigenvalue weighted by Gasteiger charge is 2.34. The summed E-state index contributed by atoms with van der Waals surface area (Å²) in [5.41, 5.74) is -0.226. The van der Waals surface area contributed by atoms with Gasteiger partial charge in [0.05, 0.1) is 4.92 Å². The third kappa shape index (κ3) is 3.21. The Bertz CT molecular complexity index is 603. The highest BCUT2D eigenvalue weighted by atomic mass is 35.5. The maximum Gasteiger partial charge on any atom is 0.288 e. The molecular formula is C14H15ClN2O4. The van der Waals surface area contributed by atoms with Crippen molar-refractivity contribution in [2.75, 3.05) is 6.54 Å². The predicted octanol–water partition coefficient (Wildman–Crippen LogP) is 3.04. The van der Waals surface area contributed by atoms with Gasteiger partial charge >= 0.3 is 0 Å². The predicted molar refractivity (Wildman–Crippen MR) is 77.2 cm³/mol. The summed E-state index contributed by atoms with van der Waals surface area (Å²) in [7, 11) is 0. The van der Waals surface area contributed by atoms with Gasteiger partial charge in [0, 0.05) is 24.6 Å². The summed E-state index contributed by atoms with van der Waals surface area (Å²) in [6.45, 7) is 2.40. The molecule has 1 aliphatic rings. The van der Waals surface area contributed by atoms with E-state index in [1.807, 2.05) is 6.92 Å². The van der Waals surface area contributed by atoms with Crippen molar-refractivity contribution in [1.29, 1.82) is 0 Å². The van der Waals surface area contributed by atoms with Gasteiger partial charge in [-0.1, -0.05) is 24.9 Å². The molecule has 1 aliphatic heterocycles. The highest BCUT2D eigenvalue weighted by molar-refractivity contribution is 6.32. The van der Waals surface area contributed by atoms with Crippen LogP contribution in [0.4, 0.5) is 5.69 Å². The van der Waals surface area contributed by atoms with E-state index >= 15 is 0 Å². The van der Waals surface area contributed by atoms with Gasteiger partial charge in [-0.05, 0) is 24.5 Å². The summed E-state index contributed by atoms with van der Waals surface area (Å²) < 4.78 is 0. The van der Waals surface area contributed by atoms with Crippen LogP contribution >= 0.6 is 11.6 Å². The van der Waals surface area contributed by atoms with E-state index in [0.29, 0.717) is 13.0 Å². The molecule has 6 nitrogen and oxygen atoms in total. The smallest absolute Gasteiger partial charge is 0.278 e. The average molecular weight is 311 g/mol. The van der Waals surface area contributed by atoms with Crippen LogP contribution < -0.4 is 0 Å². The summed E-state index contributed by atoms with van der Waals surface area (Å²) in [5.74, 6) is -0.553. The van der Waals surface area contributed by atoms with Gasteiger partial charge in [-0.2, -0.15) is 0 Å². The van der Waals surface area contributed by atoms with Gasteiger partial charge in [0.15, 0.2) is 0 Å². The average Bonchev–Trinajstić information content (AvgIpc) is 2.79. The second-order valence-electron chi connectivity index (χ2n) is 5.09. The van der Waals surface area contributed by atoms with Gasteiger partial charge in [0.25, 0.3) is 11.6 Å². The third-order valence-electron chi connectivity index (χ3n) is 3.54. The highest BCUT2D eigenvalue weighted by Crippen LogP contribution is 2.28. The number of benzene rings is 1. The van der Waals surface area contributed by atoms with Crippen molar-refractivity contribution in [3.05, 3.63) is 38.9 Å². The lowest BCUT2D eigenvalue weighted by Gasteiger charge is -2.14. The van der Waals surface area contributed by atoms with Gasteiger partial charge < -0.3 is 0 Å². The molecule has 0 aliphatic carbocycles. The Balaban J connectivity index is 2.23. The Labute approximate surface area is 126 Å². The van der Waals surface area contributed by atoms with Crippen LogP contribution in [0, 0.1) is 16.0 Å². The fourth-order valence-corrected chi connectivity index (χ4v) is 2.71. The molecule has 0 saturated carbocycles. The topological polar surface area (TPSA) is 80.5 Å². The van der Waals surface area contributed by atoms with Gasteiger partial charge in [-0.15, -0.1) is 0 Å². The number of hydrogen-bond donors (Lipinski definition) is 0. The van der Waals surface area contributed by atoms with Gasteiger partial charge in [-0.3, -0.25) is 24.6 Å². The normalized spacial score (nSPS) is 18.1. The fraction of sp³-hybridized carbons (Fsp3) is 0.429. The second kappa shape index (κ2) is 6.22. The molecule has 1 heterocycles. The largest absolute Gasteiger partial charge is 0.288 e. The van der Waals surface area contributed by atoms with Gasteiger partial charge in [0.1, 0.15) is 5.02 Å².